The maximum atomic E-state index is 12.2. The van der Waals surface area contributed by atoms with Crippen LogP contribution in [0.3, 0.4) is 0 Å². The van der Waals surface area contributed by atoms with E-state index >= 15 is 0 Å². The first-order chi connectivity index (χ1) is 9.15. The van der Waals surface area contributed by atoms with Crippen LogP contribution in [0.1, 0.15) is 31.9 Å². The van der Waals surface area contributed by atoms with Gasteiger partial charge >= 0.3 is 6.36 Å². The summed E-state index contributed by atoms with van der Waals surface area (Å²) in [5.41, 5.74) is 5.82. The molecule has 0 spiro atoms. The Bertz CT molecular complexity index is 451. The van der Waals surface area contributed by atoms with Crippen molar-refractivity contribution in [3.63, 3.8) is 0 Å². The van der Waals surface area contributed by atoms with Crippen molar-refractivity contribution >= 4 is 0 Å². The molecule has 0 radical (unpaired) electrons. The maximum Gasteiger partial charge on any atom is 0.573 e. The van der Waals surface area contributed by atoms with Crippen LogP contribution in [0.15, 0.2) is 18.2 Å². The van der Waals surface area contributed by atoms with Crippen molar-refractivity contribution in [3.05, 3.63) is 23.8 Å². The fourth-order valence-corrected chi connectivity index (χ4v) is 1.78. The SMILES string of the molecule is CCC(C)[C@@H](O)[C@@H](N)c1cc(OC(F)(F)F)ccc1O. The van der Waals surface area contributed by atoms with Crippen molar-refractivity contribution in [1.82, 2.24) is 0 Å². The van der Waals surface area contributed by atoms with Crippen LogP contribution in [-0.4, -0.2) is 22.7 Å². The summed E-state index contributed by atoms with van der Waals surface area (Å²) in [6.07, 6.45) is -5.16. The number of benzene rings is 1. The molecule has 1 aromatic rings. The Morgan fingerprint density at radius 3 is 2.45 bits per heavy atom. The van der Waals surface area contributed by atoms with Crippen LogP contribution in [0.2, 0.25) is 0 Å². The molecule has 20 heavy (non-hydrogen) atoms. The number of phenols is 1. The third-order valence-electron chi connectivity index (χ3n) is 3.19. The van der Waals surface area contributed by atoms with E-state index in [1.165, 1.54) is 0 Å². The van der Waals surface area contributed by atoms with E-state index in [1.54, 1.807) is 6.92 Å². The monoisotopic (exact) mass is 293 g/mol. The van der Waals surface area contributed by atoms with Crippen molar-refractivity contribution in [3.8, 4) is 11.5 Å². The molecule has 3 atom stereocenters. The van der Waals surface area contributed by atoms with Gasteiger partial charge in [-0.2, -0.15) is 0 Å². The summed E-state index contributed by atoms with van der Waals surface area (Å²) < 4.78 is 40.2. The summed E-state index contributed by atoms with van der Waals surface area (Å²) in [5.74, 6) is -0.928. The van der Waals surface area contributed by atoms with Crippen molar-refractivity contribution < 1.29 is 28.1 Å². The number of nitrogens with two attached hydrogens (primary N) is 1. The number of halogens is 3. The number of rotatable bonds is 5. The van der Waals surface area contributed by atoms with Crippen molar-refractivity contribution in [2.45, 2.75) is 38.8 Å². The van der Waals surface area contributed by atoms with Crippen LogP contribution in [-0.2, 0) is 0 Å². The van der Waals surface area contributed by atoms with Gasteiger partial charge in [0.05, 0.1) is 12.1 Å². The Morgan fingerprint density at radius 2 is 1.95 bits per heavy atom. The van der Waals surface area contributed by atoms with Gasteiger partial charge in [-0.1, -0.05) is 20.3 Å². The average molecular weight is 293 g/mol. The molecule has 0 aromatic heterocycles. The Hall–Kier alpha value is -1.47. The van der Waals surface area contributed by atoms with Gasteiger partial charge in [-0.15, -0.1) is 13.2 Å². The first-order valence-corrected chi connectivity index (χ1v) is 6.18. The Kier molecular flexibility index (Phi) is 5.24. The first-order valence-electron chi connectivity index (χ1n) is 6.18. The van der Waals surface area contributed by atoms with Crippen LogP contribution in [0.5, 0.6) is 11.5 Å². The summed E-state index contributed by atoms with van der Waals surface area (Å²) >= 11 is 0. The molecule has 0 bridgehead atoms. The molecular weight excluding hydrogens is 275 g/mol. The van der Waals surface area contributed by atoms with Crippen molar-refractivity contribution in [2.75, 3.05) is 0 Å². The Balaban J connectivity index is 3.02. The van der Waals surface area contributed by atoms with E-state index in [2.05, 4.69) is 4.74 Å². The van der Waals surface area contributed by atoms with E-state index in [0.29, 0.717) is 6.42 Å². The summed E-state index contributed by atoms with van der Waals surface area (Å²) in [7, 11) is 0. The highest BCUT2D eigenvalue weighted by molar-refractivity contribution is 5.41. The Labute approximate surface area is 115 Å². The quantitative estimate of drug-likeness (QED) is 0.780. The molecule has 0 saturated carbocycles. The number of hydrogen-bond acceptors (Lipinski definition) is 4. The fraction of sp³-hybridized carbons (Fsp3) is 0.538. The Morgan fingerprint density at radius 1 is 1.35 bits per heavy atom. The molecule has 7 heteroatoms. The minimum atomic E-state index is -4.83. The van der Waals surface area contributed by atoms with E-state index < -0.39 is 24.3 Å². The number of aliphatic hydroxyl groups is 1. The van der Waals surface area contributed by atoms with Crippen molar-refractivity contribution in [2.24, 2.45) is 11.7 Å². The molecule has 0 heterocycles. The molecule has 0 aliphatic heterocycles. The second kappa shape index (κ2) is 6.32. The lowest BCUT2D eigenvalue weighted by atomic mass is 9.91. The van der Waals surface area contributed by atoms with E-state index in [9.17, 15) is 23.4 Å². The van der Waals surface area contributed by atoms with Crippen LogP contribution >= 0.6 is 0 Å². The standard InChI is InChI=1S/C13H18F3NO3/c1-3-7(2)12(19)11(17)9-6-8(4-5-10(9)18)20-13(14,15)16/h4-7,11-12,18-19H,3,17H2,1-2H3/t7?,11-,12+/m0/s1. The molecule has 0 aliphatic rings. The van der Waals surface area contributed by atoms with Crippen LogP contribution in [0.25, 0.3) is 0 Å². The zero-order valence-electron chi connectivity index (χ0n) is 11.2. The minimum absolute atomic E-state index is 0.0135. The van der Waals surface area contributed by atoms with Gasteiger partial charge in [-0.25, -0.2) is 0 Å². The van der Waals surface area contributed by atoms with Gasteiger partial charge in [0, 0.05) is 5.56 Å². The maximum absolute atomic E-state index is 12.2. The molecule has 0 saturated heterocycles. The number of aliphatic hydroxyl groups excluding tert-OH is 1. The second-order valence-electron chi connectivity index (χ2n) is 4.67. The lowest BCUT2D eigenvalue weighted by Crippen LogP contribution is -2.31. The lowest BCUT2D eigenvalue weighted by Gasteiger charge is -2.25. The smallest absolute Gasteiger partial charge is 0.508 e. The van der Waals surface area contributed by atoms with Crippen LogP contribution in [0.4, 0.5) is 13.2 Å². The highest BCUT2D eigenvalue weighted by Crippen LogP contribution is 2.33. The summed E-state index contributed by atoms with van der Waals surface area (Å²) in [5, 5.41) is 19.7. The zero-order chi connectivity index (χ0) is 15.5. The number of alkyl halides is 3. The molecule has 0 fully saturated rings. The highest BCUT2D eigenvalue weighted by atomic mass is 19.4. The largest absolute Gasteiger partial charge is 0.573 e. The summed E-state index contributed by atoms with van der Waals surface area (Å²) in [6.45, 7) is 3.61. The van der Waals surface area contributed by atoms with Gasteiger partial charge in [0.1, 0.15) is 11.5 Å². The van der Waals surface area contributed by atoms with E-state index in [4.69, 9.17) is 5.73 Å². The van der Waals surface area contributed by atoms with Gasteiger partial charge in [-0.05, 0) is 24.1 Å². The fourth-order valence-electron chi connectivity index (χ4n) is 1.78. The molecule has 4 nitrogen and oxygen atoms in total. The predicted molar refractivity (Wildman–Crippen MR) is 67.2 cm³/mol. The summed E-state index contributed by atoms with van der Waals surface area (Å²) in [6, 6.07) is 2.02. The molecule has 1 aromatic carbocycles. The van der Waals surface area contributed by atoms with Gasteiger partial charge in [-0.3, -0.25) is 0 Å². The third kappa shape index (κ3) is 4.28. The van der Waals surface area contributed by atoms with E-state index in [1.807, 2.05) is 6.92 Å². The number of phenolic OH excluding ortho intramolecular Hbond substituents is 1. The first kappa shape index (κ1) is 16.6. The van der Waals surface area contributed by atoms with E-state index in [0.717, 1.165) is 18.2 Å². The minimum Gasteiger partial charge on any atom is -0.508 e. The average Bonchev–Trinajstić information content (AvgIpc) is 2.36. The van der Waals surface area contributed by atoms with Crippen molar-refractivity contribution in [1.29, 1.82) is 0 Å². The van der Waals surface area contributed by atoms with Gasteiger partial charge in [0.25, 0.3) is 0 Å². The highest BCUT2D eigenvalue weighted by Gasteiger charge is 2.32. The van der Waals surface area contributed by atoms with Crippen LogP contribution < -0.4 is 10.5 Å². The molecule has 1 rings (SSSR count). The molecule has 4 N–H and O–H groups in total. The second-order valence-corrected chi connectivity index (χ2v) is 4.67. The molecule has 1 unspecified atom stereocenters. The molecular formula is C13H18F3NO3. The number of hydrogen-bond donors (Lipinski definition) is 3. The van der Waals surface area contributed by atoms with Gasteiger partial charge < -0.3 is 20.7 Å². The topological polar surface area (TPSA) is 75.7 Å². The predicted octanol–water partition coefficient (Wildman–Crippen LogP) is 2.70. The van der Waals surface area contributed by atoms with Gasteiger partial charge in [0.2, 0.25) is 0 Å². The van der Waals surface area contributed by atoms with Crippen LogP contribution in [0, 0.1) is 5.92 Å². The third-order valence-corrected chi connectivity index (χ3v) is 3.19. The summed E-state index contributed by atoms with van der Waals surface area (Å²) in [4.78, 5) is 0. The van der Waals surface area contributed by atoms with E-state index in [-0.39, 0.29) is 17.2 Å². The molecule has 114 valence electrons. The van der Waals surface area contributed by atoms with Gasteiger partial charge in [0.15, 0.2) is 0 Å². The zero-order valence-corrected chi connectivity index (χ0v) is 11.2. The number of ether oxygens (including phenoxy) is 1. The normalized spacial score (nSPS) is 16.6. The molecule has 0 aliphatic carbocycles. The molecule has 0 amide bonds. The lowest BCUT2D eigenvalue weighted by molar-refractivity contribution is -0.274. The number of aromatic hydroxyl groups is 1.